The third-order valence-electron chi connectivity index (χ3n) is 4.83. The average Bonchev–Trinajstić information content (AvgIpc) is 2.82. The van der Waals surface area contributed by atoms with Crippen LogP contribution in [0, 0.1) is 11.3 Å². The summed E-state index contributed by atoms with van der Waals surface area (Å²) >= 11 is 0. The molecule has 1 saturated heterocycles. The van der Waals surface area contributed by atoms with Crippen molar-refractivity contribution >= 4 is 5.91 Å². The maximum Gasteiger partial charge on any atom is 0.243 e. The predicted molar refractivity (Wildman–Crippen MR) is 71.0 cm³/mol. The van der Waals surface area contributed by atoms with Gasteiger partial charge in [-0.15, -0.1) is 6.58 Å². The third kappa shape index (κ3) is 1.48. The molecule has 18 heavy (non-hydrogen) atoms. The van der Waals surface area contributed by atoms with Gasteiger partial charge in [-0.3, -0.25) is 4.79 Å². The zero-order valence-corrected chi connectivity index (χ0v) is 11.6. The first-order valence-electron chi connectivity index (χ1n) is 6.72. The average molecular weight is 252 g/mol. The summed E-state index contributed by atoms with van der Waals surface area (Å²) < 4.78 is 5.72. The van der Waals surface area contributed by atoms with E-state index >= 15 is 0 Å². The minimum absolute atomic E-state index is 0.0432. The van der Waals surface area contributed by atoms with Crippen molar-refractivity contribution in [1.82, 2.24) is 4.90 Å². The molecule has 0 aromatic heterocycles. The number of amides is 1. The Bertz CT molecular complexity index is 367. The summed E-state index contributed by atoms with van der Waals surface area (Å²) in [6, 6.07) is 0. The zero-order valence-electron chi connectivity index (χ0n) is 11.6. The van der Waals surface area contributed by atoms with Crippen LogP contribution in [0.2, 0.25) is 0 Å². The number of hydrogen-bond acceptors (Lipinski definition) is 3. The van der Waals surface area contributed by atoms with Crippen molar-refractivity contribution in [3.05, 3.63) is 12.7 Å². The number of hydrogen-bond donors (Lipinski definition) is 1. The van der Waals surface area contributed by atoms with E-state index in [-0.39, 0.29) is 23.3 Å². The second-order valence-electron chi connectivity index (χ2n) is 5.91. The predicted octanol–water partition coefficient (Wildman–Crippen LogP) is 1.16. The number of carbonyl (C=O) groups is 1. The number of likely N-dealkylation sites (N-methyl/N-ethyl adjacent to an activating group) is 1. The minimum Gasteiger partial charge on any atom is -0.377 e. The number of nitrogens with two attached hydrogens (primary N) is 1. The highest BCUT2D eigenvalue weighted by Gasteiger charge is 2.71. The maximum atomic E-state index is 12.7. The second kappa shape index (κ2) is 4.35. The Morgan fingerprint density at radius 2 is 2.28 bits per heavy atom. The molecule has 102 valence electrons. The van der Waals surface area contributed by atoms with Crippen molar-refractivity contribution < 1.29 is 9.53 Å². The number of nitrogens with zero attached hydrogens (tertiary/aromatic N) is 1. The van der Waals surface area contributed by atoms with Gasteiger partial charge in [-0.2, -0.15) is 0 Å². The van der Waals surface area contributed by atoms with Crippen molar-refractivity contribution in [1.29, 1.82) is 0 Å². The summed E-state index contributed by atoms with van der Waals surface area (Å²) in [5, 5.41) is 0. The van der Waals surface area contributed by atoms with E-state index in [2.05, 4.69) is 6.58 Å². The van der Waals surface area contributed by atoms with Gasteiger partial charge in [0.1, 0.15) is 5.54 Å². The van der Waals surface area contributed by atoms with E-state index in [0.717, 1.165) is 13.0 Å². The Morgan fingerprint density at radius 1 is 1.61 bits per heavy atom. The maximum absolute atomic E-state index is 12.7. The number of rotatable bonds is 4. The highest BCUT2D eigenvalue weighted by Crippen LogP contribution is 2.58. The molecule has 2 N–H and O–H groups in total. The highest BCUT2D eigenvalue weighted by molar-refractivity contribution is 5.89. The summed E-state index contributed by atoms with van der Waals surface area (Å²) in [5.41, 5.74) is 5.43. The van der Waals surface area contributed by atoms with E-state index in [0.29, 0.717) is 13.1 Å². The molecule has 0 radical (unpaired) electrons. The smallest absolute Gasteiger partial charge is 0.243 e. The van der Waals surface area contributed by atoms with Gasteiger partial charge in [-0.05, 0) is 13.3 Å². The van der Waals surface area contributed by atoms with E-state index < -0.39 is 5.54 Å². The van der Waals surface area contributed by atoms with Crippen LogP contribution < -0.4 is 5.73 Å². The van der Waals surface area contributed by atoms with Crippen LogP contribution in [0.15, 0.2) is 12.7 Å². The van der Waals surface area contributed by atoms with Gasteiger partial charge in [0.05, 0.1) is 6.10 Å². The van der Waals surface area contributed by atoms with Crippen molar-refractivity contribution in [2.75, 3.05) is 19.7 Å². The largest absolute Gasteiger partial charge is 0.377 e. The molecule has 2 fully saturated rings. The molecule has 0 spiro atoms. The van der Waals surface area contributed by atoms with Gasteiger partial charge in [0.25, 0.3) is 0 Å². The molecule has 4 nitrogen and oxygen atoms in total. The van der Waals surface area contributed by atoms with Gasteiger partial charge in [0.2, 0.25) is 5.91 Å². The lowest BCUT2D eigenvalue weighted by Gasteiger charge is -2.61. The van der Waals surface area contributed by atoms with E-state index in [4.69, 9.17) is 10.5 Å². The molecular formula is C14H24N2O2. The van der Waals surface area contributed by atoms with E-state index in [1.165, 1.54) is 0 Å². The molecule has 2 aliphatic rings. The highest BCUT2D eigenvalue weighted by atomic mass is 16.5. The SMILES string of the molecule is C=CCN(CC)C(=O)C1(N)C2CCOC2C1(C)C. The van der Waals surface area contributed by atoms with Crippen molar-refractivity contribution in [2.24, 2.45) is 17.1 Å². The van der Waals surface area contributed by atoms with Gasteiger partial charge in [0.15, 0.2) is 0 Å². The lowest BCUT2D eigenvalue weighted by Crippen LogP contribution is -2.80. The molecular weight excluding hydrogens is 228 g/mol. The van der Waals surface area contributed by atoms with Crippen LogP contribution in [0.3, 0.4) is 0 Å². The van der Waals surface area contributed by atoms with Crippen molar-refractivity contribution in [3.63, 3.8) is 0 Å². The summed E-state index contributed by atoms with van der Waals surface area (Å²) in [4.78, 5) is 14.5. The third-order valence-corrected chi connectivity index (χ3v) is 4.83. The number of carbonyl (C=O) groups excluding carboxylic acids is 1. The van der Waals surface area contributed by atoms with Crippen molar-refractivity contribution in [3.8, 4) is 0 Å². The molecule has 1 amide bonds. The lowest BCUT2D eigenvalue weighted by molar-refractivity contribution is -0.183. The Labute approximate surface area is 109 Å². The van der Waals surface area contributed by atoms with Crippen LogP contribution in [0.25, 0.3) is 0 Å². The van der Waals surface area contributed by atoms with E-state index in [1.54, 1.807) is 11.0 Å². The van der Waals surface area contributed by atoms with Crippen LogP contribution >= 0.6 is 0 Å². The molecule has 3 atom stereocenters. The minimum atomic E-state index is -0.785. The quantitative estimate of drug-likeness (QED) is 0.764. The molecule has 1 aliphatic heterocycles. The first-order valence-corrected chi connectivity index (χ1v) is 6.72. The number of ether oxygens (including phenoxy) is 1. The topological polar surface area (TPSA) is 55.6 Å². The fourth-order valence-electron chi connectivity index (χ4n) is 3.59. The molecule has 0 aromatic rings. The molecule has 1 saturated carbocycles. The fraction of sp³-hybridized carbons (Fsp3) is 0.786. The molecule has 2 rings (SSSR count). The summed E-state index contributed by atoms with van der Waals surface area (Å²) in [7, 11) is 0. The van der Waals surface area contributed by atoms with Gasteiger partial charge in [-0.25, -0.2) is 0 Å². The van der Waals surface area contributed by atoms with Crippen molar-refractivity contribution in [2.45, 2.75) is 38.8 Å². The summed E-state index contributed by atoms with van der Waals surface area (Å²) in [6.45, 7) is 11.7. The van der Waals surface area contributed by atoms with Crippen LogP contribution in [0.5, 0.6) is 0 Å². The van der Waals surface area contributed by atoms with Gasteiger partial charge < -0.3 is 15.4 Å². The monoisotopic (exact) mass is 252 g/mol. The Hall–Kier alpha value is -0.870. The molecule has 0 bridgehead atoms. The first-order chi connectivity index (χ1) is 8.41. The molecule has 0 aromatic carbocycles. The van der Waals surface area contributed by atoms with Crippen LogP contribution in [0.4, 0.5) is 0 Å². The van der Waals surface area contributed by atoms with Crippen LogP contribution in [0.1, 0.15) is 27.2 Å². The van der Waals surface area contributed by atoms with Gasteiger partial charge >= 0.3 is 0 Å². The number of fused-ring (bicyclic) bond motifs is 1. The summed E-state index contributed by atoms with van der Waals surface area (Å²) in [6.07, 6.45) is 2.77. The Kier molecular flexibility index (Phi) is 3.28. The summed E-state index contributed by atoms with van der Waals surface area (Å²) in [5.74, 6) is 0.209. The second-order valence-corrected chi connectivity index (χ2v) is 5.91. The zero-order chi connectivity index (χ0) is 13.6. The molecule has 1 aliphatic carbocycles. The standard InChI is InChI=1S/C14H24N2O2/c1-5-8-16(6-2)12(17)14(15)10-7-9-18-11(10)13(14,3)4/h5,10-11H,1,6-9,15H2,2-4H3. The molecule has 4 heteroatoms. The molecule has 3 unspecified atom stereocenters. The Balaban J connectivity index is 2.25. The van der Waals surface area contributed by atoms with Crippen LogP contribution in [-0.2, 0) is 9.53 Å². The Morgan fingerprint density at radius 3 is 2.83 bits per heavy atom. The van der Waals surface area contributed by atoms with E-state index in [1.807, 2.05) is 20.8 Å². The lowest BCUT2D eigenvalue weighted by atomic mass is 9.47. The fourth-order valence-corrected chi connectivity index (χ4v) is 3.59. The normalized spacial score (nSPS) is 36.7. The van der Waals surface area contributed by atoms with Gasteiger partial charge in [-0.1, -0.05) is 19.9 Å². The van der Waals surface area contributed by atoms with E-state index in [9.17, 15) is 4.79 Å². The van der Waals surface area contributed by atoms with Gasteiger partial charge in [0, 0.05) is 31.0 Å². The first kappa shape index (κ1) is 13.6. The van der Waals surface area contributed by atoms with Crippen LogP contribution in [-0.4, -0.2) is 42.1 Å². The molecule has 1 heterocycles.